The van der Waals surface area contributed by atoms with Crippen molar-refractivity contribution in [1.29, 1.82) is 0 Å². The van der Waals surface area contributed by atoms with Crippen LogP contribution in [0.15, 0.2) is 18.3 Å². The molecule has 0 amide bonds. The van der Waals surface area contributed by atoms with Crippen LogP contribution in [0, 0.1) is 24.4 Å². The van der Waals surface area contributed by atoms with Gasteiger partial charge in [-0.3, -0.25) is 0 Å². The van der Waals surface area contributed by atoms with Gasteiger partial charge in [0, 0.05) is 11.8 Å². The number of aliphatic hydroxyl groups excluding tert-OH is 1. The fourth-order valence-corrected chi connectivity index (χ4v) is 2.20. The van der Waals surface area contributed by atoms with E-state index in [1.165, 1.54) is 17.5 Å². The fraction of sp³-hybridized carbons (Fsp3) is 0.182. The first-order valence-corrected chi connectivity index (χ1v) is 5.56. The lowest BCUT2D eigenvalue weighted by atomic mass is 10.1. The highest BCUT2D eigenvalue weighted by Gasteiger charge is 2.21. The van der Waals surface area contributed by atoms with Crippen LogP contribution >= 0.6 is 11.3 Å². The third-order valence-electron chi connectivity index (χ3n) is 2.27. The third kappa shape index (κ3) is 2.18. The second-order valence-corrected chi connectivity index (χ2v) is 4.72. The predicted molar refractivity (Wildman–Crippen MR) is 57.2 cm³/mol. The lowest BCUT2D eigenvalue weighted by molar-refractivity contribution is 0.216. The summed E-state index contributed by atoms with van der Waals surface area (Å²) in [6.45, 7) is 1.72. The quantitative estimate of drug-likeness (QED) is 0.841. The van der Waals surface area contributed by atoms with Crippen LogP contribution in [0.2, 0.25) is 0 Å². The average molecular weight is 259 g/mol. The van der Waals surface area contributed by atoms with Gasteiger partial charge >= 0.3 is 0 Å². The van der Waals surface area contributed by atoms with Crippen molar-refractivity contribution in [2.24, 2.45) is 0 Å². The van der Waals surface area contributed by atoms with Gasteiger partial charge in [-0.05, 0) is 19.1 Å². The summed E-state index contributed by atoms with van der Waals surface area (Å²) in [5.74, 6) is -4.23. The number of aromatic nitrogens is 1. The number of nitrogens with zero attached hydrogens (tertiary/aromatic N) is 1. The number of hydrogen-bond acceptors (Lipinski definition) is 3. The van der Waals surface area contributed by atoms with Crippen molar-refractivity contribution in [3.8, 4) is 0 Å². The molecule has 17 heavy (non-hydrogen) atoms. The number of aliphatic hydroxyl groups is 1. The monoisotopic (exact) mass is 259 g/mol. The first-order valence-electron chi connectivity index (χ1n) is 4.74. The molecule has 1 aromatic heterocycles. The summed E-state index contributed by atoms with van der Waals surface area (Å²) in [7, 11) is 0. The summed E-state index contributed by atoms with van der Waals surface area (Å²) < 4.78 is 39.1. The number of rotatable bonds is 2. The zero-order chi connectivity index (χ0) is 12.6. The number of thiazole rings is 1. The number of hydrogen-bond donors (Lipinski definition) is 1. The van der Waals surface area contributed by atoms with E-state index in [-0.39, 0.29) is 5.56 Å². The summed E-state index contributed by atoms with van der Waals surface area (Å²) in [6, 6.07) is 1.80. The summed E-state index contributed by atoms with van der Waals surface area (Å²) in [4.78, 5) is 4.28. The van der Waals surface area contributed by atoms with Gasteiger partial charge in [0.15, 0.2) is 17.5 Å². The van der Waals surface area contributed by atoms with Crippen LogP contribution in [0.4, 0.5) is 13.2 Å². The lowest BCUT2D eigenvalue weighted by Gasteiger charge is -2.10. The molecule has 0 fully saturated rings. The molecule has 0 aliphatic carbocycles. The van der Waals surface area contributed by atoms with Crippen molar-refractivity contribution in [1.82, 2.24) is 4.98 Å². The van der Waals surface area contributed by atoms with Gasteiger partial charge in [0.2, 0.25) is 0 Å². The predicted octanol–water partition coefficient (Wildman–Crippen LogP) is 2.95. The SMILES string of the molecule is Cc1ncc(C(O)c2ccc(F)c(F)c2F)s1. The van der Waals surface area contributed by atoms with Crippen LogP contribution in [0.1, 0.15) is 21.6 Å². The van der Waals surface area contributed by atoms with Crippen LogP contribution in [-0.2, 0) is 0 Å². The number of halogens is 3. The molecule has 1 unspecified atom stereocenters. The van der Waals surface area contributed by atoms with E-state index < -0.39 is 23.6 Å². The molecule has 1 aromatic carbocycles. The van der Waals surface area contributed by atoms with Crippen LogP contribution in [-0.4, -0.2) is 10.1 Å². The van der Waals surface area contributed by atoms with E-state index in [0.717, 1.165) is 12.1 Å². The van der Waals surface area contributed by atoms with E-state index in [0.29, 0.717) is 9.88 Å². The Balaban J connectivity index is 2.44. The van der Waals surface area contributed by atoms with Gasteiger partial charge in [-0.15, -0.1) is 11.3 Å². The summed E-state index contributed by atoms with van der Waals surface area (Å²) in [5.41, 5.74) is -0.299. The Bertz CT molecular complexity index is 556. The Labute approximate surface area is 99.4 Å². The molecule has 0 saturated heterocycles. The molecule has 1 atom stereocenters. The van der Waals surface area contributed by atoms with Gasteiger partial charge < -0.3 is 5.11 Å². The van der Waals surface area contributed by atoms with Crippen molar-refractivity contribution in [2.75, 3.05) is 0 Å². The van der Waals surface area contributed by atoms with E-state index in [2.05, 4.69) is 4.98 Å². The highest BCUT2D eigenvalue weighted by molar-refractivity contribution is 7.11. The molecule has 1 N–H and O–H groups in total. The molecule has 0 saturated carbocycles. The molecule has 90 valence electrons. The fourth-order valence-electron chi connectivity index (χ4n) is 1.41. The van der Waals surface area contributed by atoms with E-state index in [4.69, 9.17) is 0 Å². The lowest BCUT2D eigenvalue weighted by Crippen LogP contribution is -2.04. The van der Waals surface area contributed by atoms with E-state index in [1.54, 1.807) is 6.92 Å². The highest BCUT2D eigenvalue weighted by atomic mass is 32.1. The molecule has 2 aromatic rings. The Hall–Kier alpha value is -1.40. The van der Waals surface area contributed by atoms with Crippen molar-refractivity contribution in [2.45, 2.75) is 13.0 Å². The largest absolute Gasteiger partial charge is 0.383 e. The van der Waals surface area contributed by atoms with Crippen molar-refractivity contribution in [3.63, 3.8) is 0 Å². The molecule has 0 spiro atoms. The maximum atomic E-state index is 13.4. The molecule has 0 bridgehead atoms. The first kappa shape index (κ1) is 12.1. The van der Waals surface area contributed by atoms with Gasteiger partial charge in [-0.25, -0.2) is 18.2 Å². The Morgan fingerprint density at radius 1 is 1.24 bits per heavy atom. The maximum absolute atomic E-state index is 13.4. The summed E-state index contributed by atoms with van der Waals surface area (Å²) in [6.07, 6.45) is 0.0436. The zero-order valence-electron chi connectivity index (χ0n) is 8.75. The van der Waals surface area contributed by atoms with Crippen LogP contribution in [0.25, 0.3) is 0 Å². The molecule has 0 aliphatic heterocycles. The topological polar surface area (TPSA) is 33.1 Å². The molecule has 6 heteroatoms. The average Bonchev–Trinajstić information content (AvgIpc) is 2.72. The second-order valence-electron chi connectivity index (χ2n) is 3.45. The van der Waals surface area contributed by atoms with Gasteiger partial charge in [0.05, 0.1) is 9.88 Å². The minimum Gasteiger partial charge on any atom is -0.383 e. The Morgan fingerprint density at radius 3 is 2.53 bits per heavy atom. The van der Waals surface area contributed by atoms with Crippen LogP contribution < -0.4 is 0 Å². The molecule has 2 rings (SSSR count). The normalized spacial score (nSPS) is 12.8. The summed E-state index contributed by atoms with van der Waals surface area (Å²) >= 11 is 1.17. The van der Waals surface area contributed by atoms with E-state index >= 15 is 0 Å². The number of benzene rings is 1. The molecule has 0 aliphatic rings. The van der Waals surface area contributed by atoms with Gasteiger partial charge in [-0.1, -0.05) is 0 Å². The van der Waals surface area contributed by atoms with Gasteiger partial charge in [0.1, 0.15) is 6.10 Å². The van der Waals surface area contributed by atoms with Gasteiger partial charge in [0.25, 0.3) is 0 Å². The van der Waals surface area contributed by atoms with Crippen molar-refractivity contribution >= 4 is 11.3 Å². The van der Waals surface area contributed by atoms with Gasteiger partial charge in [-0.2, -0.15) is 0 Å². The molecule has 1 heterocycles. The highest BCUT2D eigenvalue weighted by Crippen LogP contribution is 2.29. The first-order chi connectivity index (χ1) is 8.00. The third-order valence-corrected chi connectivity index (χ3v) is 3.23. The van der Waals surface area contributed by atoms with Crippen molar-refractivity contribution < 1.29 is 18.3 Å². The summed E-state index contributed by atoms with van der Waals surface area (Å²) in [5, 5.41) is 10.5. The van der Waals surface area contributed by atoms with Crippen molar-refractivity contribution in [3.05, 3.63) is 51.2 Å². The minimum atomic E-state index is -1.58. The van der Waals surface area contributed by atoms with E-state index in [9.17, 15) is 18.3 Å². The standard InChI is InChI=1S/C11H8F3NOS/c1-5-15-4-8(17-5)11(16)6-2-3-7(12)10(14)9(6)13/h2-4,11,16H,1H3. The molecular weight excluding hydrogens is 251 g/mol. The molecular formula is C11H8F3NOS. The minimum absolute atomic E-state index is 0.299. The second kappa shape index (κ2) is 4.46. The number of aryl methyl sites for hydroxylation is 1. The Morgan fingerprint density at radius 2 is 1.94 bits per heavy atom. The van der Waals surface area contributed by atoms with Crippen LogP contribution in [0.5, 0.6) is 0 Å². The Kier molecular flexibility index (Phi) is 3.17. The zero-order valence-corrected chi connectivity index (χ0v) is 9.56. The van der Waals surface area contributed by atoms with Crippen LogP contribution in [0.3, 0.4) is 0 Å². The molecule has 2 nitrogen and oxygen atoms in total. The maximum Gasteiger partial charge on any atom is 0.194 e. The molecule has 0 radical (unpaired) electrons. The smallest absolute Gasteiger partial charge is 0.194 e. The van der Waals surface area contributed by atoms with E-state index in [1.807, 2.05) is 0 Å².